The normalized spacial score (nSPS) is 10.3. The molecule has 2 rings (SSSR count). The molecule has 2 nitrogen and oxygen atoms in total. The zero-order valence-electron chi connectivity index (χ0n) is 8.68. The maximum atomic E-state index is 12.9. The summed E-state index contributed by atoms with van der Waals surface area (Å²) < 4.78 is 13.7. The highest BCUT2D eigenvalue weighted by atomic mass is 127. The zero-order chi connectivity index (χ0) is 12.4. The van der Waals surface area contributed by atoms with E-state index in [1.807, 2.05) is 0 Å². The maximum absolute atomic E-state index is 12.9. The first-order chi connectivity index (χ1) is 8.06. The van der Waals surface area contributed by atoms with Crippen LogP contribution in [0.15, 0.2) is 36.4 Å². The number of nitrogens with one attached hydrogen (secondary N) is 1. The van der Waals surface area contributed by atoms with Gasteiger partial charge in [-0.3, -0.25) is 0 Å². The van der Waals surface area contributed by atoms with Gasteiger partial charge in [0.25, 0.3) is 0 Å². The molecule has 0 aliphatic heterocycles. The lowest BCUT2D eigenvalue weighted by Gasteiger charge is -2.10. The molecule has 0 unspecified atom stereocenters. The Bertz CT molecular complexity index is 511. The predicted octanol–water partition coefficient (Wildman–Crippen LogP) is 4.41. The van der Waals surface area contributed by atoms with Crippen LogP contribution in [0.1, 0.15) is 0 Å². The third-order valence-corrected chi connectivity index (χ3v) is 3.40. The van der Waals surface area contributed by atoms with E-state index in [-0.39, 0.29) is 5.82 Å². The number of nitrogen functional groups attached to an aromatic ring is 1. The lowest BCUT2D eigenvalue weighted by atomic mass is 10.2. The standard InChI is InChI=1S/C12H9ClFIN2/c13-9-6-8(16)2-4-11(9)17-12-3-1-7(14)5-10(12)15/h1-6,17H,16H2. The number of halogens is 3. The van der Waals surface area contributed by atoms with Gasteiger partial charge in [0, 0.05) is 9.26 Å². The van der Waals surface area contributed by atoms with Crippen LogP contribution in [-0.2, 0) is 0 Å². The van der Waals surface area contributed by atoms with E-state index in [2.05, 4.69) is 27.9 Å². The highest BCUT2D eigenvalue weighted by Gasteiger charge is 2.05. The van der Waals surface area contributed by atoms with Gasteiger partial charge in [-0.15, -0.1) is 0 Å². The van der Waals surface area contributed by atoms with Crippen molar-refractivity contribution < 1.29 is 4.39 Å². The Balaban J connectivity index is 2.31. The number of anilines is 3. The first kappa shape index (κ1) is 12.4. The highest BCUT2D eigenvalue weighted by Crippen LogP contribution is 2.29. The van der Waals surface area contributed by atoms with E-state index in [0.717, 1.165) is 14.9 Å². The van der Waals surface area contributed by atoms with E-state index in [9.17, 15) is 4.39 Å². The molecule has 0 amide bonds. The van der Waals surface area contributed by atoms with Crippen LogP contribution in [0.3, 0.4) is 0 Å². The number of hydrogen-bond acceptors (Lipinski definition) is 2. The lowest BCUT2D eigenvalue weighted by molar-refractivity contribution is 0.627. The topological polar surface area (TPSA) is 38.0 Å². The molecule has 0 radical (unpaired) electrons. The Morgan fingerprint density at radius 1 is 1.12 bits per heavy atom. The minimum Gasteiger partial charge on any atom is -0.399 e. The minimum absolute atomic E-state index is 0.261. The molecular weight excluding hydrogens is 354 g/mol. The van der Waals surface area contributed by atoms with E-state index < -0.39 is 0 Å². The van der Waals surface area contributed by atoms with Crippen LogP contribution in [0.2, 0.25) is 5.02 Å². The molecule has 3 N–H and O–H groups in total. The average Bonchev–Trinajstić information content (AvgIpc) is 2.25. The molecule has 2 aromatic carbocycles. The molecule has 0 aliphatic carbocycles. The number of rotatable bonds is 2. The van der Waals surface area contributed by atoms with Crippen molar-refractivity contribution in [2.75, 3.05) is 11.1 Å². The van der Waals surface area contributed by atoms with E-state index in [0.29, 0.717) is 10.7 Å². The van der Waals surface area contributed by atoms with Crippen LogP contribution in [0.4, 0.5) is 21.5 Å². The first-order valence-corrected chi connectivity index (χ1v) is 6.29. The fourth-order valence-corrected chi connectivity index (χ4v) is 2.22. The summed E-state index contributed by atoms with van der Waals surface area (Å²) in [5.74, 6) is -0.261. The highest BCUT2D eigenvalue weighted by molar-refractivity contribution is 14.1. The molecule has 0 aliphatic rings. The largest absolute Gasteiger partial charge is 0.399 e. The second-order valence-electron chi connectivity index (χ2n) is 3.49. The molecule has 0 spiro atoms. The quantitative estimate of drug-likeness (QED) is 0.613. The maximum Gasteiger partial charge on any atom is 0.124 e. The van der Waals surface area contributed by atoms with E-state index in [1.54, 1.807) is 24.3 Å². The molecule has 0 aromatic heterocycles. The summed E-state index contributed by atoms with van der Waals surface area (Å²) in [7, 11) is 0. The third-order valence-electron chi connectivity index (χ3n) is 2.19. The van der Waals surface area contributed by atoms with Gasteiger partial charge in [-0.1, -0.05) is 11.6 Å². The van der Waals surface area contributed by atoms with Crippen molar-refractivity contribution in [3.05, 3.63) is 50.8 Å². The molecule has 0 heterocycles. The fourth-order valence-electron chi connectivity index (χ4n) is 1.37. The Hall–Kier alpha value is -1.01. The van der Waals surface area contributed by atoms with Gasteiger partial charge in [-0.05, 0) is 59.0 Å². The smallest absolute Gasteiger partial charge is 0.124 e. The molecule has 5 heteroatoms. The summed E-state index contributed by atoms with van der Waals surface area (Å²) in [4.78, 5) is 0. The molecular formula is C12H9ClFIN2. The van der Waals surface area contributed by atoms with Crippen LogP contribution in [0.5, 0.6) is 0 Å². The van der Waals surface area contributed by atoms with Crippen molar-refractivity contribution in [3.8, 4) is 0 Å². The minimum atomic E-state index is -0.261. The monoisotopic (exact) mass is 362 g/mol. The average molecular weight is 363 g/mol. The fraction of sp³-hybridized carbons (Fsp3) is 0. The number of nitrogens with two attached hydrogens (primary N) is 1. The summed E-state index contributed by atoms with van der Waals surface area (Å²) in [5.41, 5.74) is 7.76. The van der Waals surface area contributed by atoms with Gasteiger partial charge >= 0.3 is 0 Å². The van der Waals surface area contributed by atoms with Crippen molar-refractivity contribution in [2.24, 2.45) is 0 Å². The van der Waals surface area contributed by atoms with Crippen LogP contribution in [-0.4, -0.2) is 0 Å². The van der Waals surface area contributed by atoms with E-state index >= 15 is 0 Å². The molecule has 0 fully saturated rings. The van der Waals surface area contributed by atoms with Gasteiger partial charge in [-0.25, -0.2) is 4.39 Å². The summed E-state index contributed by atoms with van der Waals surface area (Å²) >= 11 is 8.10. The Morgan fingerprint density at radius 3 is 2.47 bits per heavy atom. The summed E-state index contributed by atoms with van der Waals surface area (Å²) in [6, 6.07) is 9.73. The van der Waals surface area contributed by atoms with Gasteiger partial charge < -0.3 is 11.1 Å². The molecule has 17 heavy (non-hydrogen) atoms. The molecule has 0 saturated heterocycles. The van der Waals surface area contributed by atoms with Crippen molar-refractivity contribution in [2.45, 2.75) is 0 Å². The van der Waals surface area contributed by atoms with Crippen LogP contribution in [0, 0.1) is 9.39 Å². The van der Waals surface area contributed by atoms with E-state index in [4.69, 9.17) is 17.3 Å². The summed E-state index contributed by atoms with van der Waals surface area (Å²) in [6.45, 7) is 0. The first-order valence-electron chi connectivity index (χ1n) is 4.83. The lowest BCUT2D eigenvalue weighted by Crippen LogP contribution is -1.95. The van der Waals surface area contributed by atoms with Crippen molar-refractivity contribution in [1.29, 1.82) is 0 Å². The molecule has 2 aromatic rings. The Kier molecular flexibility index (Phi) is 3.73. The molecule has 88 valence electrons. The molecule has 0 bridgehead atoms. The summed E-state index contributed by atoms with van der Waals surface area (Å²) in [5, 5.41) is 3.67. The Morgan fingerprint density at radius 2 is 1.82 bits per heavy atom. The van der Waals surface area contributed by atoms with Crippen molar-refractivity contribution in [3.63, 3.8) is 0 Å². The third kappa shape index (κ3) is 3.01. The van der Waals surface area contributed by atoms with Gasteiger partial charge in [0.2, 0.25) is 0 Å². The van der Waals surface area contributed by atoms with Gasteiger partial charge in [0.1, 0.15) is 5.82 Å². The Labute approximate surface area is 117 Å². The number of hydrogen-bond donors (Lipinski definition) is 2. The van der Waals surface area contributed by atoms with Gasteiger partial charge in [-0.2, -0.15) is 0 Å². The van der Waals surface area contributed by atoms with Crippen molar-refractivity contribution in [1.82, 2.24) is 0 Å². The second-order valence-corrected chi connectivity index (χ2v) is 5.06. The molecule has 0 atom stereocenters. The van der Waals surface area contributed by atoms with Crippen LogP contribution >= 0.6 is 34.2 Å². The summed E-state index contributed by atoms with van der Waals surface area (Å²) in [6.07, 6.45) is 0. The van der Waals surface area contributed by atoms with Crippen LogP contribution < -0.4 is 11.1 Å². The van der Waals surface area contributed by atoms with Gasteiger partial charge in [0.15, 0.2) is 0 Å². The predicted molar refractivity (Wildman–Crippen MR) is 78.3 cm³/mol. The number of benzene rings is 2. The van der Waals surface area contributed by atoms with Gasteiger partial charge in [0.05, 0.1) is 16.4 Å². The van der Waals surface area contributed by atoms with Crippen molar-refractivity contribution >= 4 is 51.3 Å². The van der Waals surface area contributed by atoms with E-state index in [1.165, 1.54) is 12.1 Å². The zero-order valence-corrected chi connectivity index (χ0v) is 11.6. The SMILES string of the molecule is Nc1ccc(Nc2ccc(F)cc2I)c(Cl)c1. The second kappa shape index (κ2) is 5.10. The van der Waals surface area contributed by atoms with Crippen LogP contribution in [0.25, 0.3) is 0 Å². The molecule has 0 saturated carbocycles.